The Labute approximate surface area is 250 Å². The summed E-state index contributed by atoms with van der Waals surface area (Å²) in [4.78, 5) is 20.2. The Bertz CT molecular complexity index is 1410. The summed E-state index contributed by atoms with van der Waals surface area (Å²) < 4.78 is 0. The molecule has 0 aliphatic carbocycles. The van der Waals surface area contributed by atoms with Crippen LogP contribution in [0.1, 0.15) is 45.5 Å². The van der Waals surface area contributed by atoms with Crippen LogP contribution in [0, 0.1) is 32.1 Å². The largest absolute Gasteiger partial charge is 0.394 e. The van der Waals surface area contributed by atoms with Gasteiger partial charge in [0.25, 0.3) is 5.91 Å². The molecule has 1 atom stereocenters. The van der Waals surface area contributed by atoms with Gasteiger partial charge >= 0.3 is 0 Å². The average molecular weight is 572 g/mol. The van der Waals surface area contributed by atoms with Crippen LogP contribution in [0.5, 0.6) is 0 Å². The quantitative estimate of drug-likeness (QED) is 0.433. The normalized spacial score (nSPS) is 17.5. The van der Waals surface area contributed by atoms with Gasteiger partial charge in [-0.1, -0.05) is 36.4 Å². The van der Waals surface area contributed by atoms with Crippen molar-refractivity contribution >= 4 is 36.5 Å². The number of para-hydroxylation sites is 2. The molecule has 1 amide bonds. The minimum Gasteiger partial charge on any atom is -0.394 e. The highest BCUT2D eigenvalue weighted by Crippen LogP contribution is 2.29. The lowest BCUT2D eigenvalue weighted by molar-refractivity contribution is 0.0698. The van der Waals surface area contributed by atoms with Gasteiger partial charge in [-0.15, -0.1) is 0 Å². The summed E-state index contributed by atoms with van der Waals surface area (Å²) in [7, 11) is 0. The van der Waals surface area contributed by atoms with Gasteiger partial charge in [0.1, 0.15) is 6.07 Å². The van der Waals surface area contributed by atoms with Crippen molar-refractivity contribution in [3.63, 3.8) is 0 Å². The number of carbonyl (C=O) groups excluding carboxylic acids is 1. The fourth-order valence-electron chi connectivity index (χ4n) is 6.14. The summed E-state index contributed by atoms with van der Waals surface area (Å²) in [6.07, 6.45) is 1.91. The third kappa shape index (κ3) is 6.47. The average Bonchev–Trinajstić information content (AvgIpc) is 2.98. The number of aliphatic hydroxyl groups is 1. The standard InChI is InChI=1S/C33H39N5O2.H2S/c1-23-8-4-6-10-31(23)38-17-16-37(21-28(38)22-39)33(40)29-19-30(25(3)18-24(29)2)35-27-12-14-36(15-13-27)32-11-7-5-9-26(32)20-34;/h4-11,18-19,27-28,35,39H,12-17,21-22H2,1-3H3;1H2/t28-;/m0./s1. The number of aliphatic hydroxyl groups excluding tert-OH is 1. The number of piperazine rings is 1. The molecule has 2 N–H and O–H groups in total. The smallest absolute Gasteiger partial charge is 0.254 e. The molecule has 8 heteroatoms. The van der Waals surface area contributed by atoms with Gasteiger partial charge in [-0.3, -0.25) is 4.79 Å². The molecule has 2 aliphatic rings. The zero-order chi connectivity index (χ0) is 28.2. The van der Waals surface area contributed by atoms with Gasteiger partial charge in [0.15, 0.2) is 0 Å². The minimum absolute atomic E-state index is 0. The van der Waals surface area contributed by atoms with Gasteiger partial charge in [0.05, 0.1) is 23.9 Å². The predicted octanol–water partition coefficient (Wildman–Crippen LogP) is 5.00. The maximum atomic E-state index is 13.8. The summed E-state index contributed by atoms with van der Waals surface area (Å²) in [6.45, 7) is 9.71. The van der Waals surface area contributed by atoms with E-state index in [1.807, 2.05) is 54.3 Å². The number of piperidine rings is 1. The molecule has 3 aromatic carbocycles. The lowest BCUT2D eigenvalue weighted by atomic mass is 9.99. The summed E-state index contributed by atoms with van der Waals surface area (Å²) in [6, 6.07) is 22.6. The van der Waals surface area contributed by atoms with E-state index < -0.39 is 0 Å². The Balaban J connectivity index is 0.00000387. The van der Waals surface area contributed by atoms with E-state index in [0.29, 0.717) is 25.7 Å². The van der Waals surface area contributed by atoms with Gasteiger partial charge in [0.2, 0.25) is 0 Å². The second-order valence-electron chi connectivity index (χ2n) is 11.1. The Morgan fingerprint density at radius 3 is 2.29 bits per heavy atom. The molecule has 41 heavy (non-hydrogen) atoms. The number of amides is 1. The number of nitrogens with zero attached hydrogens (tertiary/aromatic N) is 4. The predicted molar refractivity (Wildman–Crippen MR) is 172 cm³/mol. The van der Waals surface area contributed by atoms with Crippen LogP contribution in [0.25, 0.3) is 0 Å². The molecule has 0 spiro atoms. The van der Waals surface area contributed by atoms with E-state index in [1.165, 1.54) is 5.56 Å². The van der Waals surface area contributed by atoms with Gasteiger partial charge in [-0.2, -0.15) is 18.8 Å². The van der Waals surface area contributed by atoms with Crippen LogP contribution in [0.3, 0.4) is 0 Å². The van der Waals surface area contributed by atoms with Gasteiger partial charge < -0.3 is 25.1 Å². The third-order valence-corrected chi connectivity index (χ3v) is 8.43. The zero-order valence-electron chi connectivity index (χ0n) is 24.2. The molecule has 7 nitrogen and oxygen atoms in total. The summed E-state index contributed by atoms with van der Waals surface area (Å²) >= 11 is 0. The van der Waals surface area contributed by atoms with Gasteiger partial charge in [-0.25, -0.2) is 0 Å². The van der Waals surface area contributed by atoms with E-state index in [4.69, 9.17) is 0 Å². The fraction of sp³-hybridized carbons (Fsp3) is 0.394. The first-order valence-corrected chi connectivity index (χ1v) is 14.2. The van der Waals surface area contributed by atoms with E-state index in [2.05, 4.69) is 53.2 Å². The molecule has 0 saturated carbocycles. The van der Waals surface area contributed by atoms with Crippen LogP contribution in [0.2, 0.25) is 0 Å². The molecule has 0 radical (unpaired) electrons. The molecule has 5 rings (SSSR count). The number of hydrogen-bond donors (Lipinski definition) is 2. The highest BCUT2D eigenvalue weighted by Gasteiger charge is 2.31. The summed E-state index contributed by atoms with van der Waals surface area (Å²) in [5, 5.41) is 23.4. The van der Waals surface area contributed by atoms with Gasteiger partial charge in [0, 0.05) is 55.7 Å². The molecule has 2 aliphatic heterocycles. The Morgan fingerprint density at radius 2 is 1.61 bits per heavy atom. The summed E-state index contributed by atoms with van der Waals surface area (Å²) in [5.41, 5.74) is 7.83. The number of nitriles is 1. The summed E-state index contributed by atoms with van der Waals surface area (Å²) in [5.74, 6) is 0.0198. The topological polar surface area (TPSA) is 82.8 Å². The lowest BCUT2D eigenvalue weighted by Gasteiger charge is -2.42. The molecule has 2 heterocycles. The van der Waals surface area contributed by atoms with Crippen molar-refractivity contribution in [3.05, 3.63) is 88.5 Å². The van der Waals surface area contributed by atoms with Crippen molar-refractivity contribution < 1.29 is 9.90 Å². The fourth-order valence-corrected chi connectivity index (χ4v) is 6.14. The first-order valence-electron chi connectivity index (χ1n) is 14.2. The Hall–Kier alpha value is -3.67. The number of aryl methyl sites for hydroxylation is 3. The van der Waals surface area contributed by atoms with Crippen molar-refractivity contribution in [2.45, 2.75) is 45.7 Å². The molecular weight excluding hydrogens is 530 g/mol. The third-order valence-electron chi connectivity index (χ3n) is 8.43. The van der Waals surface area contributed by atoms with E-state index >= 15 is 0 Å². The molecule has 2 saturated heterocycles. The highest BCUT2D eigenvalue weighted by atomic mass is 32.1. The van der Waals surface area contributed by atoms with Crippen LogP contribution in [-0.2, 0) is 0 Å². The first-order chi connectivity index (χ1) is 19.4. The maximum absolute atomic E-state index is 13.8. The lowest BCUT2D eigenvalue weighted by Crippen LogP contribution is -2.56. The molecule has 3 aromatic rings. The van der Waals surface area contributed by atoms with Crippen molar-refractivity contribution in [3.8, 4) is 6.07 Å². The van der Waals surface area contributed by atoms with Gasteiger partial charge in [-0.05, 0) is 74.6 Å². The first kappa shape index (κ1) is 30.3. The van der Waals surface area contributed by atoms with E-state index in [-0.39, 0.29) is 32.1 Å². The molecule has 0 aromatic heterocycles. The van der Waals surface area contributed by atoms with E-state index in [0.717, 1.165) is 65.2 Å². The molecule has 0 bridgehead atoms. The number of rotatable bonds is 6. The zero-order valence-corrected chi connectivity index (χ0v) is 25.2. The van der Waals surface area contributed by atoms with Crippen LogP contribution in [0.15, 0.2) is 60.7 Å². The molecule has 0 unspecified atom stereocenters. The van der Waals surface area contributed by atoms with Crippen molar-refractivity contribution in [1.82, 2.24) is 4.90 Å². The SMILES string of the molecule is Cc1cc(C)c(C(=O)N2CCN(c3ccccc3C)[C@H](CO)C2)cc1NC1CCN(c2ccccc2C#N)CC1.S. The van der Waals surface area contributed by atoms with E-state index in [1.54, 1.807) is 0 Å². The number of carbonyl (C=O) groups is 1. The van der Waals surface area contributed by atoms with E-state index in [9.17, 15) is 15.2 Å². The van der Waals surface area contributed by atoms with Crippen LogP contribution < -0.4 is 15.1 Å². The van der Waals surface area contributed by atoms with Crippen molar-refractivity contribution in [2.75, 3.05) is 54.4 Å². The Kier molecular flexibility index (Phi) is 9.85. The number of anilines is 3. The number of hydrogen-bond acceptors (Lipinski definition) is 6. The second-order valence-corrected chi connectivity index (χ2v) is 11.1. The second kappa shape index (κ2) is 13.3. The highest BCUT2D eigenvalue weighted by molar-refractivity contribution is 7.59. The monoisotopic (exact) mass is 571 g/mol. The number of benzene rings is 3. The Morgan fingerprint density at radius 1 is 0.927 bits per heavy atom. The molecule has 2 fully saturated rings. The number of nitrogens with one attached hydrogen (secondary N) is 1. The van der Waals surface area contributed by atoms with Crippen LogP contribution in [0.4, 0.5) is 17.1 Å². The maximum Gasteiger partial charge on any atom is 0.254 e. The molecular formula is C33H41N5O2S. The molecule has 216 valence electrons. The van der Waals surface area contributed by atoms with Crippen molar-refractivity contribution in [2.24, 2.45) is 0 Å². The van der Waals surface area contributed by atoms with Crippen molar-refractivity contribution in [1.29, 1.82) is 5.26 Å². The van der Waals surface area contributed by atoms with Crippen LogP contribution >= 0.6 is 13.5 Å². The van der Waals surface area contributed by atoms with Crippen LogP contribution in [-0.4, -0.2) is 67.3 Å². The minimum atomic E-state index is -0.140.